The Morgan fingerprint density at radius 2 is 1.47 bits per heavy atom. The third kappa shape index (κ3) is 7.39. The summed E-state index contributed by atoms with van der Waals surface area (Å²) in [6.45, 7) is 8.22. The first kappa shape index (κ1) is 17.1. The van der Waals surface area contributed by atoms with E-state index >= 15 is 0 Å². The number of nitrogens with zero attached hydrogens (tertiary/aromatic N) is 1. The van der Waals surface area contributed by atoms with E-state index < -0.39 is 0 Å². The molecule has 0 N–H and O–H groups in total. The molecule has 0 spiro atoms. The van der Waals surface area contributed by atoms with Crippen molar-refractivity contribution in [1.29, 1.82) is 0 Å². The van der Waals surface area contributed by atoms with Crippen LogP contribution in [0.15, 0.2) is 0 Å². The zero-order valence-corrected chi connectivity index (χ0v) is 14.2. The highest BCUT2D eigenvalue weighted by Gasteiger charge is 2.26. The first-order chi connectivity index (χ1) is 9.25. The summed E-state index contributed by atoms with van der Waals surface area (Å²) in [4.78, 5) is 0. The molecule has 19 heavy (non-hydrogen) atoms. The Bertz CT molecular complexity index is 260. The van der Waals surface area contributed by atoms with Crippen molar-refractivity contribution in [2.24, 2.45) is 0 Å². The fourth-order valence-corrected chi connectivity index (χ4v) is 3.97. The fraction of sp³-hybridized carbons (Fsp3) is 0.941. The fourth-order valence-electron chi connectivity index (χ4n) is 2.87. The molecule has 0 saturated heterocycles. The first-order valence-electron chi connectivity index (χ1n) is 8.48. The highest BCUT2D eigenvalue weighted by molar-refractivity contribution is 8.13. The molecule has 1 nitrogen and oxygen atoms in total. The summed E-state index contributed by atoms with van der Waals surface area (Å²) in [6.07, 6.45) is 14.4. The van der Waals surface area contributed by atoms with Gasteiger partial charge < -0.3 is 0 Å². The molecule has 0 aromatic heterocycles. The molecular formula is C17H34NS+. The molecule has 0 amide bonds. The second-order valence-electron chi connectivity index (χ2n) is 6.05. The topological polar surface area (TPSA) is 3.01 Å². The van der Waals surface area contributed by atoms with E-state index in [2.05, 4.69) is 25.3 Å². The highest BCUT2D eigenvalue weighted by atomic mass is 32.2. The average Bonchev–Trinajstić information content (AvgIpc) is 2.72. The van der Waals surface area contributed by atoms with Gasteiger partial charge in [-0.25, -0.2) is 4.58 Å². The molecule has 0 bridgehead atoms. The molecule has 0 saturated carbocycles. The molecule has 1 aliphatic rings. The highest BCUT2D eigenvalue weighted by Crippen LogP contribution is 2.18. The van der Waals surface area contributed by atoms with Crippen LogP contribution < -0.4 is 0 Å². The van der Waals surface area contributed by atoms with Gasteiger partial charge in [0.25, 0.3) is 0 Å². The second-order valence-corrected chi connectivity index (χ2v) is 7.27. The molecular weight excluding hydrogens is 250 g/mol. The van der Waals surface area contributed by atoms with Crippen LogP contribution in [0.1, 0.15) is 85.0 Å². The number of rotatable bonds is 11. The van der Waals surface area contributed by atoms with Gasteiger partial charge in [-0.15, -0.1) is 0 Å². The molecule has 1 heterocycles. The van der Waals surface area contributed by atoms with Gasteiger partial charge in [-0.3, -0.25) is 0 Å². The SMILES string of the molecule is CCCCCCCCCCCC[N+]1=C(C)SCC1C. The van der Waals surface area contributed by atoms with Crippen LogP contribution in [0.25, 0.3) is 0 Å². The van der Waals surface area contributed by atoms with E-state index in [1.807, 2.05) is 11.8 Å². The first-order valence-corrected chi connectivity index (χ1v) is 9.47. The standard InChI is InChI=1S/C17H34NS/c1-4-5-6-7-8-9-10-11-12-13-14-18-16(2)15-19-17(18)3/h16H,4-15H2,1-3H3/q+1. The third-order valence-corrected chi connectivity index (χ3v) is 5.52. The van der Waals surface area contributed by atoms with Gasteiger partial charge in [0.05, 0.1) is 5.75 Å². The Hall–Kier alpha value is 0.0200. The molecule has 0 fully saturated rings. The summed E-state index contributed by atoms with van der Waals surface area (Å²) in [5, 5.41) is 1.54. The molecule has 112 valence electrons. The Kier molecular flexibility index (Phi) is 9.67. The van der Waals surface area contributed by atoms with Crippen LogP contribution in [-0.2, 0) is 0 Å². The van der Waals surface area contributed by atoms with Gasteiger partial charge in [0.1, 0.15) is 6.54 Å². The van der Waals surface area contributed by atoms with Crippen molar-refractivity contribution in [3.05, 3.63) is 0 Å². The van der Waals surface area contributed by atoms with Crippen molar-refractivity contribution in [2.75, 3.05) is 12.3 Å². The zero-order valence-electron chi connectivity index (χ0n) is 13.4. The smallest absolute Gasteiger partial charge is 0.207 e. The number of hydrogen-bond acceptors (Lipinski definition) is 1. The lowest BCUT2D eigenvalue weighted by Crippen LogP contribution is -2.23. The maximum absolute atomic E-state index is 2.61. The Morgan fingerprint density at radius 3 is 1.95 bits per heavy atom. The van der Waals surface area contributed by atoms with Crippen molar-refractivity contribution in [3.63, 3.8) is 0 Å². The van der Waals surface area contributed by atoms with Crippen LogP contribution in [-0.4, -0.2) is 28.0 Å². The number of thioether (sulfide) groups is 1. The van der Waals surface area contributed by atoms with E-state index in [-0.39, 0.29) is 0 Å². The van der Waals surface area contributed by atoms with Crippen molar-refractivity contribution in [2.45, 2.75) is 91.0 Å². The van der Waals surface area contributed by atoms with Gasteiger partial charge in [-0.2, -0.15) is 0 Å². The average molecular weight is 285 g/mol. The van der Waals surface area contributed by atoms with Crippen molar-refractivity contribution < 1.29 is 4.58 Å². The van der Waals surface area contributed by atoms with E-state index in [1.165, 1.54) is 76.5 Å². The molecule has 0 aromatic carbocycles. The van der Waals surface area contributed by atoms with E-state index in [9.17, 15) is 0 Å². The normalized spacial score (nSPS) is 19.4. The van der Waals surface area contributed by atoms with Crippen molar-refractivity contribution in [3.8, 4) is 0 Å². The zero-order chi connectivity index (χ0) is 13.9. The second kappa shape index (κ2) is 10.8. The van der Waals surface area contributed by atoms with Crippen molar-refractivity contribution in [1.82, 2.24) is 0 Å². The van der Waals surface area contributed by atoms with Crippen LogP contribution in [0.2, 0.25) is 0 Å². The summed E-state index contributed by atoms with van der Waals surface area (Å²) in [5.74, 6) is 1.30. The minimum atomic E-state index is 0.767. The maximum atomic E-state index is 2.61. The minimum absolute atomic E-state index is 0.767. The summed E-state index contributed by atoms with van der Waals surface area (Å²) in [7, 11) is 0. The van der Waals surface area contributed by atoms with E-state index in [1.54, 1.807) is 5.04 Å². The Labute approximate surface area is 125 Å². The minimum Gasteiger partial charge on any atom is -0.225 e. The largest absolute Gasteiger partial charge is 0.225 e. The maximum Gasteiger partial charge on any atom is 0.207 e. The summed E-state index contributed by atoms with van der Waals surface area (Å²) >= 11 is 2.04. The van der Waals surface area contributed by atoms with Crippen LogP contribution >= 0.6 is 11.8 Å². The summed E-state index contributed by atoms with van der Waals surface area (Å²) < 4.78 is 2.61. The van der Waals surface area contributed by atoms with E-state index in [0.717, 1.165) is 6.04 Å². The predicted molar refractivity (Wildman–Crippen MR) is 89.6 cm³/mol. The van der Waals surface area contributed by atoms with Gasteiger partial charge in [0.2, 0.25) is 5.04 Å². The molecule has 0 aliphatic carbocycles. The lowest BCUT2D eigenvalue weighted by atomic mass is 10.1. The number of hydrogen-bond donors (Lipinski definition) is 0. The Balaban J connectivity index is 1.88. The molecule has 0 radical (unpaired) electrons. The monoisotopic (exact) mass is 284 g/mol. The van der Waals surface area contributed by atoms with Gasteiger partial charge in [-0.1, -0.05) is 70.1 Å². The van der Waals surface area contributed by atoms with Gasteiger partial charge in [0, 0.05) is 13.3 Å². The molecule has 0 aromatic rings. The van der Waals surface area contributed by atoms with Crippen LogP contribution in [0.3, 0.4) is 0 Å². The lowest BCUT2D eigenvalue weighted by Gasteiger charge is -2.05. The molecule has 1 rings (SSSR count). The van der Waals surface area contributed by atoms with Crippen LogP contribution in [0, 0.1) is 0 Å². The van der Waals surface area contributed by atoms with E-state index in [0.29, 0.717) is 0 Å². The van der Waals surface area contributed by atoms with E-state index in [4.69, 9.17) is 0 Å². The molecule has 1 unspecified atom stereocenters. The predicted octanol–water partition coefficient (Wildman–Crippen LogP) is 5.47. The lowest BCUT2D eigenvalue weighted by molar-refractivity contribution is -0.552. The summed E-state index contributed by atoms with van der Waals surface area (Å²) in [6, 6.07) is 0.767. The van der Waals surface area contributed by atoms with Crippen LogP contribution in [0.4, 0.5) is 0 Å². The number of unbranched alkanes of at least 4 members (excludes halogenated alkanes) is 9. The summed E-state index contributed by atoms with van der Waals surface area (Å²) in [5.41, 5.74) is 0. The molecule has 1 atom stereocenters. The van der Waals surface area contributed by atoms with Crippen LogP contribution in [0.5, 0.6) is 0 Å². The van der Waals surface area contributed by atoms with Crippen molar-refractivity contribution >= 4 is 16.8 Å². The van der Waals surface area contributed by atoms with Gasteiger partial charge >= 0.3 is 0 Å². The quantitative estimate of drug-likeness (QED) is 0.359. The molecule has 1 aliphatic heterocycles. The third-order valence-electron chi connectivity index (χ3n) is 4.22. The Morgan fingerprint density at radius 1 is 0.947 bits per heavy atom. The molecule has 2 heteroatoms. The van der Waals surface area contributed by atoms with Gasteiger partial charge in [0.15, 0.2) is 6.04 Å². The van der Waals surface area contributed by atoms with Gasteiger partial charge in [-0.05, 0) is 13.3 Å².